The van der Waals surface area contributed by atoms with Crippen LogP contribution in [0.2, 0.25) is 25.7 Å². The molecule has 0 spiro atoms. The Kier molecular flexibility index (Phi) is 22.4. The number of carbonyl (C=O) groups is 1. The number of anilines is 2. The summed E-state index contributed by atoms with van der Waals surface area (Å²) in [5, 5.41) is 17.9. The van der Waals surface area contributed by atoms with Gasteiger partial charge in [-0.3, -0.25) is 4.79 Å². The summed E-state index contributed by atoms with van der Waals surface area (Å²) < 4.78 is 42.3. The molecule has 4 heterocycles. The largest absolute Gasteiger partial charge is 0.450 e. The van der Waals surface area contributed by atoms with Crippen LogP contribution in [0.3, 0.4) is 0 Å². The Morgan fingerprint density at radius 1 is 0.900 bits per heavy atom. The third-order valence-corrected chi connectivity index (χ3v) is 11.8. The van der Waals surface area contributed by atoms with E-state index < -0.39 is 8.07 Å². The van der Waals surface area contributed by atoms with Gasteiger partial charge >= 0.3 is 6.09 Å². The van der Waals surface area contributed by atoms with Crippen LogP contribution in [0.1, 0.15) is 43.7 Å². The molecule has 17 nitrogen and oxygen atoms in total. The maximum atomic E-state index is 12.6. The Morgan fingerprint density at radius 3 is 2.15 bits per heavy atom. The van der Waals surface area contributed by atoms with Gasteiger partial charge in [-0.1, -0.05) is 32.6 Å². The maximum Gasteiger partial charge on any atom is 0.409 e. The number of nitrogens with one attached hydrogen (secondary N) is 1. The van der Waals surface area contributed by atoms with Gasteiger partial charge in [0.2, 0.25) is 0 Å². The summed E-state index contributed by atoms with van der Waals surface area (Å²) in [4.78, 5) is 33.5. The highest BCUT2D eigenvalue weighted by Gasteiger charge is 2.25. The number of aryl methyl sites for hydroxylation is 1. The first-order valence-corrected chi connectivity index (χ1v) is 25.3. The topological polar surface area (TPSA) is 173 Å². The van der Waals surface area contributed by atoms with Crippen LogP contribution in [0.4, 0.5) is 16.4 Å². The van der Waals surface area contributed by atoms with Crippen LogP contribution in [0, 0.1) is 0 Å². The summed E-state index contributed by atoms with van der Waals surface area (Å²) in [6, 6.07) is 6.68. The van der Waals surface area contributed by atoms with Crippen LogP contribution >= 0.6 is 0 Å². The van der Waals surface area contributed by atoms with Crippen molar-refractivity contribution in [3.8, 4) is 0 Å². The lowest BCUT2D eigenvalue weighted by Crippen LogP contribution is -2.40. The number of amides is 1. The molecule has 0 saturated carbocycles. The summed E-state index contributed by atoms with van der Waals surface area (Å²) in [6.45, 7) is 17.1. The number of carbonyl (C=O) groups excluding carboxylic acids is 1. The average molecular weight is 862 g/mol. The minimum Gasteiger partial charge on any atom is -0.450 e. The van der Waals surface area contributed by atoms with Crippen molar-refractivity contribution in [2.45, 2.75) is 83.8 Å². The van der Waals surface area contributed by atoms with Crippen molar-refractivity contribution >= 4 is 31.5 Å². The molecule has 1 aliphatic heterocycles. The molecular weight excluding hydrogens is 791 g/mol. The molecule has 1 aliphatic rings. The van der Waals surface area contributed by atoms with Crippen molar-refractivity contribution in [2.24, 2.45) is 0 Å². The molecule has 0 radical (unpaired) electrons. The number of nitrogens with zero attached hydrogens (tertiary/aromatic N) is 6. The van der Waals surface area contributed by atoms with Gasteiger partial charge in [0.25, 0.3) is 5.56 Å². The number of ether oxygens (including phenoxy) is 7. The highest BCUT2D eigenvalue weighted by molar-refractivity contribution is 6.76. The van der Waals surface area contributed by atoms with Gasteiger partial charge in [-0.15, -0.1) is 0 Å². The number of pyridine rings is 1. The van der Waals surface area contributed by atoms with Gasteiger partial charge in [0.1, 0.15) is 11.6 Å². The SMILES string of the molecule is CCc1cnn2c(NCc3ccc(=O)n(CCOCCOCCOCCOCCOCCOCCN(C)C(=O)OCC[Si](C)(C)C)c3)cc(N3CCCCC3CCO)nc12. The Hall–Kier alpha value is -3.62. The summed E-state index contributed by atoms with van der Waals surface area (Å²) in [5.74, 6) is 1.72. The molecule has 1 saturated heterocycles. The summed E-state index contributed by atoms with van der Waals surface area (Å²) in [5.41, 5.74) is 2.77. The van der Waals surface area contributed by atoms with E-state index >= 15 is 0 Å². The molecule has 2 N–H and O–H groups in total. The molecule has 3 aromatic heterocycles. The first-order valence-electron chi connectivity index (χ1n) is 21.6. The lowest BCUT2D eigenvalue weighted by Gasteiger charge is -2.36. The fourth-order valence-corrected chi connectivity index (χ4v) is 7.25. The lowest BCUT2D eigenvalue weighted by molar-refractivity contribution is -0.0175. The molecule has 3 aromatic rings. The normalized spacial score (nSPS) is 14.6. The zero-order chi connectivity index (χ0) is 43.0. The molecule has 1 fully saturated rings. The van der Waals surface area contributed by atoms with Crippen LogP contribution in [-0.2, 0) is 52.7 Å². The Labute approximate surface area is 356 Å². The molecule has 4 rings (SSSR count). The molecule has 18 heteroatoms. The molecule has 1 unspecified atom stereocenters. The minimum absolute atomic E-state index is 0.0879. The molecule has 338 valence electrons. The van der Waals surface area contributed by atoms with Crippen molar-refractivity contribution in [3.63, 3.8) is 0 Å². The summed E-state index contributed by atoms with van der Waals surface area (Å²) in [6.07, 6.45) is 8.26. The van der Waals surface area contributed by atoms with Gasteiger partial charge in [0.15, 0.2) is 5.65 Å². The number of fused-ring (bicyclic) bond motifs is 1. The lowest BCUT2D eigenvalue weighted by atomic mass is 9.99. The molecule has 1 amide bonds. The van der Waals surface area contributed by atoms with Crippen LogP contribution < -0.4 is 15.8 Å². The number of hydrogen-bond acceptors (Lipinski definition) is 14. The van der Waals surface area contributed by atoms with Gasteiger partial charge in [-0.25, -0.2) is 9.78 Å². The second kappa shape index (κ2) is 27.3. The van der Waals surface area contributed by atoms with Crippen molar-refractivity contribution < 1.29 is 43.1 Å². The minimum atomic E-state index is -1.22. The third kappa shape index (κ3) is 17.8. The Morgan fingerprint density at radius 2 is 1.53 bits per heavy atom. The van der Waals surface area contributed by atoms with Crippen molar-refractivity contribution in [1.29, 1.82) is 0 Å². The second-order valence-electron chi connectivity index (χ2n) is 16.1. The van der Waals surface area contributed by atoms with Gasteiger partial charge in [0, 0.05) is 77.8 Å². The summed E-state index contributed by atoms with van der Waals surface area (Å²) >= 11 is 0. The maximum absolute atomic E-state index is 12.6. The van der Waals surface area contributed by atoms with Crippen molar-refractivity contribution in [2.75, 3.05) is 123 Å². The van der Waals surface area contributed by atoms with E-state index in [2.05, 4.69) is 41.9 Å². The Bertz CT molecular complexity index is 1720. The third-order valence-electron chi connectivity index (χ3n) is 10.1. The van der Waals surface area contributed by atoms with Crippen LogP contribution in [-0.4, -0.2) is 162 Å². The van der Waals surface area contributed by atoms with E-state index in [9.17, 15) is 14.7 Å². The quantitative estimate of drug-likeness (QED) is 0.0693. The number of rotatable bonds is 31. The zero-order valence-electron chi connectivity index (χ0n) is 36.7. The predicted molar refractivity (Wildman–Crippen MR) is 234 cm³/mol. The van der Waals surface area contributed by atoms with E-state index in [-0.39, 0.29) is 24.3 Å². The van der Waals surface area contributed by atoms with Gasteiger partial charge < -0.3 is 57.9 Å². The fourth-order valence-electron chi connectivity index (χ4n) is 6.53. The van der Waals surface area contributed by atoms with Gasteiger partial charge in [-0.2, -0.15) is 9.61 Å². The first kappa shape index (κ1) is 49.0. The number of piperidine rings is 1. The zero-order valence-corrected chi connectivity index (χ0v) is 37.7. The van der Waals surface area contributed by atoms with E-state index in [1.165, 1.54) is 4.90 Å². The highest BCUT2D eigenvalue weighted by Crippen LogP contribution is 2.29. The second-order valence-corrected chi connectivity index (χ2v) is 21.7. The van der Waals surface area contributed by atoms with E-state index in [1.54, 1.807) is 17.7 Å². The monoisotopic (exact) mass is 862 g/mol. The van der Waals surface area contributed by atoms with E-state index in [0.717, 1.165) is 73.1 Å². The molecule has 0 bridgehead atoms. The van der Waals surface area contributed by atoms with Gasteiger partial charge in [-0.05, 0) is 43.7 Å². The molecule has 0 aromatic carbocycles. The van der Waals surface area contributed by atoms with Crippen molar-refractivity contribution in [1.82, 2.24) is 24.1 Å². The highest BCUT2D eigenvalue weighted by atomic mass is 28.3. The number of aliphatic hydroxyl groups is 1. The number of likely N-dealkylation sites (N-methyl/N-ethyl adjacent to an activating group) is 1. The number of aliphatic hydroxyl groups excluding tert-OH is 1. The Balaban J connectivity index is 1.00. The molecular formula is C42H71N7O10Si. The summed E-state index contributed by atoms with van der Waals surface area (Å²) in [7, 11) is 0.487. The smallest absolute Gasteiger partial charge is 0.409 e. The molecule has 0 aliphatic carbocycles. The standard InChI is InChI=1S/C42H71N7O10Si/c1-6-36-33-44-49-38(31-39(45-41(36)49)48-13-8-7-9-37(48)12-16-50)43-32-35-10-11-40(51)47(34-35)15-18-54-20-22-56-24-26-58-28-27-57-25-23-55-21-19-53-17-14-46(2)42(52)59-29-30-60(3,4)5/h10-11,31,33-34,37,43,50H,6-9,12-30,32H2,1-5H3. The van der Waals surface area contributed by atoms with E-state index in [4.69, 9.17) is 38.1 Å². The van der Waals surface area contributed by atoms with E-state index in [0.29, 0.717) is 106 Å². The predicted octanol–water partition coefficient (Wildman–Crippen LogP) is 4.31. The van der Waals surface area contributed by atoms with Crippen LogP contribution in [0.15, 0.2) is 35.4 Å². The van der Waals surface area contributed by atoms with Crippen LogP contribution in [0.5, 0.6) is 0 Å². The average Bonchev–Trinajstić information content (AvgIpc) is 3.66. The molecule has 1 atom stereocenters. The first-order chi connectivity index (χ1) is 29.1. The number of hydrogen-bond donors (Lipinski definition) is 2. The molecule has 60 heavy (non-hydrogen) atoms. The number of aromatic nitrogens is 4. The van der Waals surface area contributed by atoms with Gasteiger partial charge in [0.05, 0.1) is 92.1 Å². The van der Waals surface area contributed by atoms with Crippen molar-refractivity contribution in [3.05, 3.63) is 52.1 Å². The fraction of sp³-hybridized carbons (Fsp3) is 0.714. The van der Waals surface area contributed by atoms with Crippen LogP contribution in [0.25, 0.3) is 5.65 Å². The van der Waals surface area contributed by atoms with E-state index in [1.807, 2.05) is 29.0 Å².